The number of amides is 1. The first kappa shape index (κ1) is 17.1. The van der Waals surface area contributed by atoms with E-state index in [9.17, 15) is 4.79 Å². The molecular formula is C20H20N4O3. The number of carbonyl (C=O) groups is 1. The van der Waals surface area contributed by atoms with E-state index in [2.05, 4.69) is 10.1 Å². The first-order valence-corrected chi connectivity index (χ1v) is 8.76. The minimum absolute atomic E-state index is 0.0515. The number of pyridine rings is 1. The second kappa shape index (κ2) is 7.49. The Morgan fingerprint density at radius 1 is 1.11 bits per heavy atom. The number of hydrogen-bond donors (Lipinski definition) is 0. The highest BCUT2D eigenvalue weighted by Crippen LogP contribution is 2.20. The van der Waals surface area contributed by atoms with Crippen LogP contribution in [0.25, 0.3) is 0 Å². The van der Waals surface area contributed by atoms with E-state index < -0.39 is 0 Å². The summed E-state index contributed by atoms with van der Waals surface area (Å²) in [5.41, 5.74) is 2.59. The molecule has 1 aliphatic heterocycles. The highest BCUT2D eigenvalue weighted by Gasteiger charge is 2.24. The zero-order valence-corrected chi connectivity index (χ0v) is 15.0. The minimum Gasteiger partial charge on any atom is -0.481 e. The molecular weight excluding hydrogens is 344 g/mol. The predicted octanol–water partition coefficient (Wildman–Crippen LogP) is 2.52. The van der Waals surface area contributed by atoms with Gasteiger partial charge >= 0.3 is 0 Å². The Morgan fingerprint density at radius 2 is 1.96 bits per heavy atom. The number of hydrogen-bond acceptors (Lipinski definition) is 5. The van der Waals surface area contributed by atoms with Gasteiger partial charge in [-0.15, -0.1) is 5.10 Å². The van der Waals surface area contributed by atoms with E-state index in [4.69, 9.17) is 9.47 Å². The molecule has 27 heavy (non-hydrogen) atoms. The molecule has 0 unspecified atom stereocenters. The zero-order valence-electron chi connectivity index (χ0n) is 15.0. The summed E-state index contributed by atoms with van der Waals surface area (Å²) in [5, 5.41) is 4.48. The molecule has 1 aromatic carbocycles. The standard InChI is InChI=1S/C20H20N4O3/c1-26-18-8-7-16(12-21-18)20(25)23-9-10-24-17(13-23)11-19(22-24)27-14-15-5-3-2-4-6-15/h2-8,11-12H,9-10,13-14H2,1H3. The molecule has 0 saturated heterocycles. The zero-order chi connectivity index (χ0) is 18.6. The van der Waals surface area contributed by atoms with Gasteiger partial charge in [-0.05, 0) is 11.6 Å². The maximum Gasteiger partial charge on any atom is 0.255 e. The van der Waals surface area contributed by atoms with Gasteiger partial charge in [-0.25, -0.2) is 4.98 Å². The van der Waals surface area contributed by atoms with Crippen LogP contribution in [0, 0.1) is 0 Å². The first-order valence-electron chi connectivity index (χ1n) is 8.76. The summed E-state index contributed by atoms with van der Waals surface area (Å²) >= 11 is 0. The highest BCUT2D eigenvalue weighted by atomic mass is 16.5. The van der Waals surface area contributed by atoms with Gasteiger partial charge in [0, 0.05) is 24.9 Å². The number of nitrogens with zero attached hydrogens (tertiary/aromatic N) is 4. The number of benzene rings is 1. The number of fused-ring (bicyclic) bond motifs is 1. The molecule has 7 heteroatoms. The summed E-state index contributed by atoms with van der Waals surface area (Å²) in [7, 11) is 1.55. The molecule has 1 aliphatic rings. The second-order valence-corrected chi connectivity index (χ2v) is 6.29. The summed E-state index contributed by atoms with van der Waals surface area (Å²) in [4.78, 5) is 18.6. The fourth-order valence-electron chi connectivity index (χ4n) is 3.03. The molecule has 0 saturated carbocycles. The van der Waals surface area contributed by atoms with Crippen LogP contribution in [-0.2, 0) is 19.7 Å². The second-order valence-electron chi connectivity index (χ2n) is 6.29. The Morgan fingerprint density at radius 3 is 2.70 bits per heavy atom. The van der Waals surface area contributed by atoms with Crippen LogP contribution >= 0.6 is 0 Å². The molecule has 0 spiro atoms. The quantitative estimate of drug-likeness (QED) is 0.696. The fraction of sp³-hybridized carbons (Fsp3) is 0.250. The fourth-order valence-corrected chi connectivity index (χ4v) is 3.03. The Kier molecular flexibility index (Phi) is 4.74. The van der Waals surface area contributed by atoms with Crippen molar-refractivity contribution in [2.24, 2.45) is 0 Å². The van der Waals surface area contributed by atoms with Crippen molar-refractivity contribution in [1.29, 1.82) is 0 Å². The molecule has 0 atom stereocenters. The molecule has 1 amide bonds. The molecule has 138 valence electrons. The monoisotopic (exact) mass is 364 g/mol. The lowest BCUT2D eigenvalue weighted by molar-refractivity contribution is 0.0705. The average molecular weight is 364 g/mol. The number of methoxy groups -OCH3 is 1. The third kappa shape index (κ3) is 3.76. The van der Waals surface area contributed by atoms with Gasteiger partial charge in [0.2, 0.25) is 11.8 Å². The number of rotatable bonds is 5. The number of ether oxygens (including phenoxy) is 2. The van der Waals surface area contributed by atoms with E-state index >= 15 is 0 Å². The van der Waals surface area contributed by atoms with Gasteiger partial charge in [0.25, 0.3) is 5.91 Å². The van der Waals surface area contributed by atoms with E-state index in [1.165, 1.54) is 0 Å². The Labute approximate surface area is 157 Å². The average Bonchev–Trinajstić information content (AvgIpc) is 3.14. The molecule has 0 aliphatic carbocycles. The third-order valence-electron chi connectivity index (χ3n) is 4.48. The molecule has 0 radical (unpaired) electrons. The minimum atomic E-state index is -0.0515. The van der Waals surface area contributed by atoms with Gasteiger partial charge in [0.1, 0.15) is 6.61 Å². The SMILES string of the molecule is COc1ccc(C(=O)N2CCn3nc(OCc4ccccc4)cc3C2)cn1. The van der Waals surface area contributed by atoms with Crippen LogP contribution in [-0.4, -0.2) is 39.2 Å². The van der Waals surface area contributed by atoms with E-state index in [0.717, 1.165) is 11.3 Å². The summed E-state index contributed by atoms with van der Waals surface area (Å²) in [6.07, 6.45) is 1.54. The van der Waals surface area contributed by atoms with E-state index in [-0.39, 0.29) is 5.91 Å². The van der Waals surface area contributed by atoms with Gasteiger partial charge < -0.3 is 14.4 Å². The van der Waals surface area contributed by atoms with Crippen LogP contribution < -0.4 is 9.47 Å². The molecule has 0 fully saturated rings. The number of aromatic nitrogens is 3. The van der Waals surface area contributed by atoms with Crippen LogP contribution in [0.2, 0.25) is 0 Å². The maximum absolute atomic E-state index is 12.7. The van der Waals surface area contributed by atoms with E-state index in [1.54, 1.807) is 30.3 Å². The van der Waals surface area contributed by atoms with Crippen LogP contribution in [0.1, 0.15) is 21.6 Å². The number of carbonyl (C=O) groups excluding carboxylic acids is 1. The topological polar surface area (TPSA) is 69.5 Å². The summed E-state index contributed by atoms with van der Waals surface area (Å²) in [6.45, 7) is 2.20. The molecule has 0 bridgehead atoms. The first-order chi connectivity index (χ1) is 13.2. The van der Waals surface area contributed by atoms with E-state index in [0.29, 0.717) is 43.6 Å². The van der Waals surface area contributed by atoms with Crippen molar-refractivity contribution in [2.75, 3.05) is 13.7 Å². The lowest BCUT2D eigenvalue weighted by atomic mass is 10.2. The molecule has 7 nitrogen and oxygen atoms in total. The molecule has 3 heterocycles. The molecule has 0 N–H and O–H groups in total. The Bertz CT molecular complexity index is 922. The normalized spacial score (nSPS) is 13.1. The van der Waals surface area contributed by atoms with Crippen LogP contribution in [0.5, 0.6) is 11.8 Å². The van der Waals surface area contributed by atoms with Gasteiger partial charge in [-0.3, -0.25) is 9.48 Å². The van der Waals surface area contributed by atoms with E-state index in [1.807, 2.05) is 41.1 Å². The molecule has 2 aromatic heterocycles. The summed E-state index contributed by atoms with van der Waals surface area (Å²) in [6, 6.07) is 15.3. The van der Waals surface area contributed by atoms with Crippen molar-refractivity contribution >= 4 is 5.91 Å². The lowest BCUT2D eigenvalue weighted by Crippen LogP contribution is -2.38. The van der Waals surface area contributed by atoms with Crippen LogP contribution in [0.3, 0.4) is 0 Å². The van der Waals surface area contributed by atoms with Crippen LogP contribution in [0.4, 0.5) is 0 Å². The van der Waals surface area contributed by atoms with Crippen molar-refractivity contribution in [1.82, 2.24) is 19.7 Å². The smallest absolute Gasteiger partial charge is 0.255 e. The predicted molar refractivity (Wildman–Crippen MR) is 98.5 cm³/mol. The van der Waals surface area contributed by atoms with Crippen molar-refractivity contribution in [3.63, 3.8) is 0 Å². The third-order valence-corrected chi connectivity index (χ3v) is 4.48. The van der Waals surface area contributed by atoms with Crippen LogP contribution in [0.15, 0.2) is 54.7 Å². The molecule has 4 rings (SSSR count). The Hall–Kier alpha value is -3.35. The highest BCUT2D eigenvalue weighted by molar-refractivity contribution is 5.94. The van der Waals surface area contributed by atoms with Crippen molar-refractivity contribution in [3.8, 4) is 11.8 Å². The van der Waals surface area contributed by atoms with Gasteiger partial charge in [-0.1, -0.05) is 30.3 Å². The van der Waals surface area contributed by atoms with Crippen molar-refractivity contribution in [2.45, 2.75) is 19.7 Å². The summed E-state index contributed by atoms with van der Waals surface area (Å²) in [5.74, 6) is 1.02. The summed E-state index contributed by atoms with van der Waals surface area (Å²) < 4.78 is 12.7. The molecule has 3 aromatic rings. The van der Waals surface area contributed by atoms with Gasteiger partial charge in [0.15, 0.2) is 0 Å². The maximum atomic E-state index is 12.7. The van der Waals surface area contributed by atoms with Gasteiger partial charge in [0.05, 0.1) is 31.5 Å². The van der Waals surface area contributed by atoms with Gasteiger partial charge in [-0.2, -0.15) is 0 Å². The lowest BCUT2D eigenvalue weighted by Gasteiger charge is -2.27. The Balaban J connectivity index is 1.42. The largest absolute Gasteiger partial charge is 0.481 e. The van der Waals surface area contributed by atoms with Crippen molar-refractivity contribution < 1.29 is 14.3 Å². The van der Waals surface area contributed by atoms with Crippen molar-refractivity contribution in [3.05, 3.63) is 71.5 Å².